The Hall–Kier alpha value is -1.35. The van der Waals surface area contributed by atoms with E-state index in [1.54, 1.807) is 0 Å². The van der Waals surface area contributed by atoms with Gasteiger partial charge < -0.3 is 0 Å². The van der Waals surface area contributed by atoms with Gasteiger partial charge in [-0.3, -0.25) is 4.89 Å². The molecule has 1 aromatic carbocycles. The highest BCUT2D eigenvalue weighted by Crippen LogP contribution is 2.14. The molecule has 0 fully saturated rings. The molecule has 3 heteroatoms. The summed E-state index contributed by atoms with van der Waals surface area (Å²) in [5.74, 6) is 0.0566. The summed E-state index contributed by atoms with van der Waals surface area (Å²) in [6, 6.07) is 7.68. The summed E-state index contributed by atoms with van der Waals surface area (Å²) in [7, 11) is 0. The second kappa shape index (κ2) is 13.0. The van der Waals surface area contributed by atoms with Crippen molar-refractivity contribution >= 4 is 5.97 Å². The average Bonchev–Trinajstić information content (AvgIpc) is 2.62. The topological polar surface area (TPSA) is 35.5 Å². The van der Waals surface area contributed by atoms with E-state index in [1.807, 2.05) is 24.3 Å². The standard InChI is InChI=1S/C21H34O3/c1-4-7-9-10-12-19-13-15-20(16-14-19)21(22)24-23-17-18(6-3)11-8-5-2/h13-16,18H,4-12,17H2,1-3H3. The Morgan fingerprint density at radius 2 is 1.67 bits per heavy atom. The minimum absolute atomic E-state index is 0.405. The molecule has 1 rings (SSSR count). The zero-order chi connectivity index (χ0) is 17.6. The van der Waals surface area contributed by atoms with Gasteiger partial charge in [0.05, 0.1) is 12.2 Å². The number of hydrogen-bond acceptors (Lipinski definition) is 3. The zero-order valence-corrected chi connectivity index (χ0v) is 15.7. The molecule has 0 aliphatic carbocycles. The molecule has 24 heavy (non-hydrogen) atoms. The smallest absolute Gasteiger partial charge is 0.293 e. The quantitative estimate of drug-likeness (QED) is 0.248. The van der Waals surface area contributed by atoms with Gasteiger partial charge in [-0.25, -0.2) is 4.79 Å². The molecule has 136 valence electrons. The van der Waals surface area contributed by atoms with Crippen molar-refractivity contribution in [3.63, 3.8) is 0 Å². The maximum atomic E-state index is 12.0. The molecule has 0 bridgehead atoms. The van der Waals surface area contributed by atoms with E-state index in [9.17, 15) is 4.79 Å². The van der Waals surface area contributed by atoms with Crippen LogP contribution in [-0.4, -0.2) is 12.6 Å². The third-order valence-corrected chi connectivity index (χ3v) is 4.49. The van der Waals surface area contributed by atoms with Crippen LogP contribution in [0.25, 0.3) is 0 Å². The van der Waals surface area contributed by atoms with Gasteiger partial charge >= 0.3 is 5.97 Å². The number of aryl methyl sites for hydroxylation is 1. The van der Waals surface area contributed by atoms with Crippen LogP contribution < -0.4 is 0 Å². The molecule has 0 spiro atoms. The summed E-state index contributed by atoms with van der Waals surface area (Å²) in [5.41, 5.74) is 1.82. The second-order valence-corrected chi connectivity index (χ2v) is 6.58. The van der Waals surface area contributed by atoms with Crippen LogP contribution in [0.1, 0.15) is 88.1 Å². The van der Waals surface area contributed by atoms with E-state index in [1.165, 1.54) is 44.1 Å². The molecule has 0 amide bonds. The first-order chi connectivity index (χ1) is 11.7. The van der Waals surface area contributed by atoms with Gasteiger partial charge in [0.25, 0.3) is 0 Å². The van der Waals surface area contributed by atoms with Crippen LogP contribution >= 0.6 is 0 Å². The highest BCUT2D eigenvalue weighted by Gasteiger charge is 2.11. The van der Waals surface area contributed by atoms with E-state index < -0.39 is 5.97 Å². The normalized spacial score (nSPS) is 12.1. The Balaban J connectivity index is 2.31. The summed E-state index contributed by atoms with van der Waals surface area (Å²) in [6.07, 6.45) is 10.6. The van der Waals surface area contributed by atoms with Crippen LogP contribution in [0.3, 0.4) is 0 Å². The Kier molecular flexibility index (Phi) is 11.2. The number of unbranched alkanes of at least 4 members (excludes halogenated alkanes) is 4. The SMILES string of the molecule is CCCCCCc1ccc(C(=O)OOCC(CC)CCCC)cc1. The van der Waals surface area contributed by atoms with E-state index in [0.717, 1.165) is 19.3 Å². The first-order valence-corrected chi connectivity index (χ1v) is 9.63. The summed E-state index contributed by atoms with van der Waals surface area (Å²) in [6.45, 7) is 7.03. The highest BCUT2D eigenvalue weighted by molar-refractivity contribution is 5.88. The van der Waals surface area contributed by atoms with Gasteiger partial charge in [-0.05, 0) is 42.9 Å². The van der Waals surface area contributed by atoms with Crippen molar-refractivity contribution < 1.29 is 14.6 Å². The Labute approximate surface area is 147 Å². The lowest BCUT2D eigenvalue weighted by Gasteiger charge is -2.13. The van der Waals surface area contributed by atoms with E-state index in [4.69, 9.17) is 9.78 Å². The molecule has 0 saturated heterocycles. The molecule has 1 aromatic rings. The van der Waals surface area contributed by atoms with Gasteiger partial charge in [0, 0.05) is 0 Å². The van der Waals surface area contributed by atoms with Gasteiger partial charge in [0.1, 0.15) is 0 Å². The monoisotopic (exact) mass is 334 g/mol. The zero-order valence-electron chi connectivity index (χ0n) is 15.7. The minimum Gasteiger partial charge on any atom is -0.293 e. The summed E-state index contributed by atoms with van der Waals surface area (Å²) >= 11 is 0. The molecule has 0 aliphatic heterocycles. The van der Waals surface area contributed by atoms with Crippen LogP contribution in [-0.2, 0) is 16.2 Å². The van der Waals surface area contributed by atoms with Crippen LogP contribution in [0.4, 0.5) is 0 Å². The lowest BCUT2D eigenvalue weighted by molar-refractivity contribution is -0.249. The average molecular weight is 335 g/mol. The van der Waals surface area contributed by atoms with E-state index in [0.29, 0.717) is 18.1 Å². The molecular weight excluding hydrogens is 300 g/mol. The Bertz CT molecular complexity index is 439. The predicted octanol–water partition coefficient (Wildman–Crippen LogP) is 6.11. The largest absolute Gasteiger partial charge is 0.373 e. The van der Waals surface area contributed by atoms with Gasteiger partial charge in [-0.1, -0.05) is 71.4 Å². The molecule has 0 saturated carbocycles. The maximum absolute atomic E-state index is 12.0. The van der Waals surface area contributed by atoms with Crippen molar-refractivity contribution in [3.05, 3.63) is 35.4 Å². The highest BCUT2D eigenvalue weighted by atomic mass is 17.2. The third kappa shape index (κ3) is 8.49. The van der Waals surface area contributed by atoms with Crippen molar-refractivity contribution in [2.24, 2.45) is 5.92 Å². The van der Waals surface area contributed by atoms with Crippen molar-refractivity contribution in [1.29, 1.82) is 0 Å². The molecule has 0 aromatic heterocycles. The predicted molar refractivity (Wildman–Crippen MR) is 99.0 cm³/mol. The summed E-state index contributed by atoms with van der Waals surface area (Å²) in [4.78, 5) is 22.1. The second-order valence-electron chi connectivity index (χ2n) is 6.58. The van der Waals surface area contributed by atoms with Gasteiger partial charge in [0.2, 0.25) is 0 Å². The third-order valence-electron chi connectivity index (χ3n) is 4.49. The lowest BCUT2D eigenvalue weighted by Crippen LogP contribution is -2.13. The molecule has 0 N–H and O–H groups in total. The van der Waals surface area contributed by atoms with Crippen molar-refractivity contribution in [1.82, 2.24) is 0 Å². The summed E-state index contributed by atoms with van der Waals surface area (Å²) in [5, 5.41) is 0. The van der Waals surface area contributed by atoms with Crippen molar-refractivity contribution in [2.45, 2.75) is 78.6 Å². The number of benzene rings is 1. The number of rotatable bonds is 13. The maximum Gasteiger partial charge on any atom is 0.373 e. The minimum atomic E-state index is -0.405. The molecule has 3 nitrogen and oxygen atoms in total. The summed E-state index contributed by atoms with van der Waals surface area (Å²) < 4.78 is 0. The fourth-order valence-electron chi connectivity index (χ4n) is 2.69. The molecule has 1 unspecified atom stereocenters. The Morgan fingerprint density at radius 1 is 0.958 bits per heavy atom. The first kappa shape index (κ1) is 20.7. The number of carbonyl (C=O) groups excluding carboxylic acids is 1. The fourth-order valence-corrected chi connectivity index (χ4v) is 2.69. The fraction of sp³-hybridized carbons (Fsp3) is 0.667. The molecule has 0 heterocycles. The van der Waals surface area contributed by atoms with Crippen LogP contribution in [0.5, 0.6) is 0 Å². The van der Waals surface area contributed by atoms with Gasteiger partial charge in [-0.2, -0.15) is 4.89 Å². The van der Waals surface area contributed by atoms with E-state index >= 15 is 0 Å². The van der Waals surface area contributed by atoms with E-state index in [-0.39, 0.29) is 0 Å². The first-order valence-electron chi connectivity index (χ1n) is 9.63. The number of carbonyl (C=O) groups is 1. The van der Waals surface area contributed by atoms with E-state index in [2.05, 4.69) is 20.8 Å². The van der Waals surface area contributed by atoms with Gasteiger partial charge in [-0.15, -0.1) is 0 Å². The molecule has 0 radical (unpaired) electrons. The van der Waals surface area contributed by atoms with Gasteiger partial charge in [0.15, 0.2) is 0 Å². The molecule has 1 atom stereocenters. The van der Waals surface area contributed by atoms with Crippen LogP contribution in [0, 0.1) is 5.92 Å². The number of hydrogen-bond donors (Lipinski definition) is 0. The lowest BCUT2D eigenvalue weighted by atomic mass is 10.0. The van der Waals surface area contributed by atoms with Crippen molar-refractivity contribution in [2.75, 3.05) is 6.61 Å². The molecular formula is C21H34O3. The van der Waals surface area contributed by atoms with Crippen LogP contribution in [0.15, 0.2) is 24.3 Å². The Morgan fingerprint density at radius 3 is 2.29 bits per heavy atom. The van der Waals surface area contributed by atoms with Crippen LogP contribution in [0.2, 0.25) is 0 Å². The van der Waals surface area contributed by atoms with Crippen molar-refractivity contribution in [3.8, 4) is 0 Å². The molecule has 0 aliphatic rings.